The van der Waals surface area contributed by atoms with Crippen molar-refractivity contribution in [3.05, 3.63) is 89.4 Å². The molecule has 7 heteroatoms. The van der Waals surface area contributed by atoms with Gasteiger partial charge >= 0.3 is 5.97 Å². The topological polar surface area (TPSA) is 64.4 Å². The Labute approximate surface area is 189 Å². The Morgan fingerprint density at radius 1 is 1.00 bits per heavy atom. The Balaban J connectivity index is 1.37. The van der Waals surface area contributed by atoms with E-state index in [0.717, 1.165) is 34.7 Å². The highest BCUT2D eigenvalue weighted by Gasteiger charge is 2.25. The number of carbonyl (C=O) groups is 2. The van der Waals surface area contributed by atoms with Gasteiger partial charge in [0.25, 0.3) is 5.91 Å². The Kier molecular flexibility index (Phi) is 5.56. The van der Waals surface area contributed by atoms with E-state index < -0.39 is 5.97 Å². The number of rotatable bonds is 5. The van der Waals surface area contributed by atoms with Crippen LogP contribution in [0.4, 0.5) is 5.69 Å². The van der Waals surface area contributed by atoms with Gasteiger partial charge in [0.1, 0.15) is 5.69 Å². The molecule has 2 aromatic carbocycles. The molecule has 3 heterocycles. The molecule has 0 saturated heterocycles. The van der Waals surface area contributed by atoms with Gasteiger partial charge in [0.05, 0.1) is 10.6 Å². The number of nitrogens with zero attached hydrogens (tertiary/aromatic N) is 3. The molecule has 0 aliphatic carbocycles. The Hall–Kier alpha value is -3.71. The van der Waals surface area contributed by atoms with Gasteiger partial charge in [-0.25, -0.2) is 9.48 Å². The number of ether oxygens (including phenoxy) is 1. The molecule has 4 aromatic rings. The zero-order chi connectivity index (χ0) is 21.9. The molecule has 1 amide bonds. The van der Waals surface area contributed by atoms with E-state index in [1.807, 2.05) is 72.1 Å². The first-order valence-corrected chi connectivity index (χ1v) is 11.3. The van der Waals surface area contributed by atoms with Crippen molar-refractivity contribution in [2.75, 3.05) is 18.1 Å². The van der Waals surface area contributed by atoms with E-state index in [4.69, 9.17) is 4.74 Å². The molecule has 0 fully saturated rings. The minimum absolute atomic E-state index is 0.227. The monoisotopic (exact) mass is 443 g/mol. The van der Waals surface area contributed by atoms with Crippen LogP contribution in [-0.4, -0.2) is 34.8 Å². The molecule has 0 N–H and O–H groups in total. The lowest BCUT2D eigenvalue weighted by Gasteiger charge is -2.29. The van der Waals surface area contributed by atoms with E-state index in [9.17, 15) is 9.59 Å². The molecule has 0 unspecified atom stereocenters. The second-order valence-electron chi connectivity index (χ2n) is 7.49. The molecular formula is C25H21N3O3S. The lowest BCUT2D eigenvalue weighted by molar-refractivity contribution is -0.121. The fourth-order valence-electron chi connectivity index (χ4n) is 3.91. The molecule has 1 aliphatic rings. The summed E-state index contributed by atoms with van der Waals surface area (Å²) in [6, 6.07) is 22.9. The number of anilines is 1. The van der Waals surface area contributed by atoms with E-state index in [2.05, 4.69) is 5.10 Å². The van der Waals surface area contributed by atoms with Gasteiger partial charge in [-0.1, -0.05) is 42.5 Å². The zero-order valence-corrected chi connectivity index (χ0v) is 18.1. The van der Waals surface area contributed by atoms with E-state index in [0.29, 0.717) is 12.2 Å². The van der Waals surface area contributed by atoms with Gasteiger partial charge in [0, 0.05) is 18.3 Å². The van der Waals surface area contributed by atoms with Crippen LogP contribution >= 0.6 is 11.3 Å². The van der Waals surface area contributed by atoms with Gasteiger partial charge in [0.2, 0.25) is 0 Å². The fourth-order valence-corrected chi connectivity index (χ4v) is 4.59. The van der Waals surface area contributed by atoms with E-state index in [1.54, 1.807) is 27.0 Å². The van der Waals surface area contributed by atoms with Crippen LogP contribution in [0.25, 0.3) is 16.3 Å². The summed E-state index contributed by atoms with van der Waals surface area (Å²) in [7, 11) is 0. The summed E-state index contributed by atoms with van der Waals surface area (Å²) in [4.78, 5) is 28.5. The number of aryl methyl sites for hydroxylation is 1. The molecule has 0 saturated carbocycles. The lowest BCUT2D eigenvalue weighted by Crippen LogP contribution is -2.38. The fraction of sp³-hybridized carbons (Fsp3) is 0.160. The molecule has 32 heavy (non-hydrogen) atoms. The quantitative estimate of drug-likeness (QED) is 0.418. The SMILES string of the molecule is O=C(OCC(=O)N1CCCc2ccccc21)c1cc(-c2cccs2)nn1-c1ccccc1. The summed E-state index contributed by atoms with van der Waals surface area (Å²) < 4.78 is 7.03. The summed E-state index contributed by atoms with van der Waals surface area (Å²) in [5.41, 5.74) is 3.76. The third-order valence-electron chi connectivity index (χ3n) is 5.43. The van der Waals surface area contributed by atoms with E-state index >= 15 is 0 Å². The first kappa shape index (κ1) is 20.2. The molecule has 5 rings (SSSR count). The predicted octanol–water partition coefficient (Wildman–Crippen LogP) is 4.74. The number of carbonyl (C=O) groups excluding carboxylic acids is 2. The molecule has 6 nitrogen and oxygen atoms in total. The Morgan fingerprint density at radius 3 is 2.62 bits per heavy atom. The number of benzene rings is 2. The highest BCUT2D eigenvalue weighted by atomic mass is 32.1. The number of amides is 1. The largest absolute Gasteiger partial charge is 0.451 e. The molecule has 0 bridgehead atoms. The van der Waals surface area contributed by atoms with Gasteiger partial charge in [-0.3, -0.25) is 4.79 Å². The normalized spacial score (nSPS) is 12.9. The predicted molar refractivity (Wildman–Crippen MR) is 124 cm³/mol. The number of esters is 1. The first-order valence-electron chi connectivity index (χ1n) is 10.5. The highest BCUT2D eigenvalue weighted by molar-refractivity contribution is 7.13. The molecule has 1 aliphatic heterocycles. The third-order valence-corrected chi connectivity index (χ3v) is 6.32. The smallest absolute Gasteiger partial charge is 0.357 e. The van der Waals surface area contributed by atoms with Crippen LogP contribution < -0.4 is 4.90 Å². The average Bonchev–Trinajstić information content (AvgIpc) is 3.53. The summed E-state index contributed by atoms with van der Waals surface area (Å²) in [6.07, 6.45) is 1.84. The van der Waals surface area contributed by atoms with Gasteiger partial charge in [0.15, 0.2) is 12.3 Å². The van der Waals surface area contributed by atoms with Crippen molar-refractivity contribution in [1.29, 1.82) is 0 Å². The number of aromatic nitrogens is 2. The summed E-state index contributed by atoms with van der Waals surface area (Å²) >= 11 is 1.55. The minimum Gasteiger partial charge on any atom is -0.451 e. The molecular weight excluding hydrogens is 422 g/mol. The van der Waals surface area contributed by atoms with Crippen molar-refractivity contribution in [1.82, 2.24) is 9.78 Å². The summed E-state index contributed by atoms with van der Waals surface area (Å²) in [5, 5.41) is 6.58. The lowest BCUT2D eigenvalue weighted by atomic mass is 10.0. The highest BCUT2D eigenvalue weighted by Crippen LogP contribution is 2.28. The second kappa shape index (κ2) is 8.80. The van der Waals surface area contributed by atoms with E-state index in [-0.39, 0.29) is 18.2 Å². The molecule has 0 atom stereocenters. The van der Waals surface area contributed by atoms with Gasteiger partial charge in [-0.15, -0.1) is 11.3 Å². The van der Waals surface area contributed by atoms with Crippen molar-refractivity contribution < 1.29 is 14.3 Å². The maximum absolute atomic E-state index is 13.0. The van der Waals surface area contributed by atoms with Crippen molar-refractivity contribution >= 4 is 28.9 Å². The number of hydrogen-bond acceptors (Lipinski definition) is 5. The second-order valence-corrected chi connectivity index (χ2v) is 8.44. The maximum Gasteiger partial charge on any atom is 0.357 e. The third kappa shape index (κ3) is 3.94. The Morgan fingerprint density at radius 2 is 1.81 bits per heavy atom. The van der Waals surface area contributed by atoms with Crippen LogP contribution in [0.3, 0.4) is 0 Å². The molecule has 2 aromatic heterocycles. The minimum atomic E-state index is -0.581. The molecule has 0 spiro atoms. The number of fused-ring (bicyclic) bond motifs is 1. The number of thiophene rings is 1. The average molecular weight is 444 g/mol. The van der Waals surface area contributed by atoms with Crippen LogP contribution in [0.5, 0.6) is 0 Å². The number of para-hydroxylation sites is 2. The number of hydrogen-bond donors (Lipinski definition) is 0. The van der Waals surface area contributed by atoms with Gasteiger partial charge < -0.3 is 9.64 Å². The van der Waals surface area contributed by atoms with Crippen LogP contribution in [0, 0.1) is 0 Å². The van der Waals surface area contributed by atoms with Gasteiger partial charge in [-0.05, 0) is 48.1 Å². The van der Waals surface area contributed by atoms with E-state index in [1.165, 1.54) is 0 Å². The summed E-state index contributed by atoms with van der Waals surface area (Å²) in [5.74, 6) is -0.808. The van der Waals surface area contributed by atoms with Crippen molar-refractivity contribution in [2.45, 2.75) is 12.8 Å². The summed E-state index contributed by atoms with van der Waals surface area (Å²) in [6.45, 7) is 0.305. The van der Waals surface area contributed by atoms with Crippen molar-refractivity contribution in [2.24, 2.45) is 0 Å². The maximum atomic E-state index is 13.0. The molecule has 160 valence electrons. The molecule has 0 radical (unpaired) electrons. The van der Waals surface area contributed by atoms with Crippen LogP contribution in [-0.2, 0) is 16.0 Å². The van der Waals surface area contributed by atoms with Crippen LogP contribution in [0.1, 0.15) is 22.5 Å². The van der Waals surface area contributed by atoms with Crippen LogP contribution in [0.2, 0.25) is 0 Å². The van der Waals surface area contributed by atoms with Crippen molar-refractivity contribution in [3.63, 3.8) is 0 Å². The first-order chi connectivity index (χ1) is 15.7. The van der Waals surface area contributed by atoms with Crippen LogP contribution in [0.15, 0.2) is 78.2 Å². The Bertz CT molecular complexity index is 1250. The van der Waals surface area contributed by atoms with Crippen molar-refractivity contribution in [3.8, 4) is 16.3 Å². The zero-order valence-electron chi connectivity index (χ0n) is 17.3. The standard InChI is InChI=1S/C25H21N3O3S/c29-24(27-14-6-9-18-8-4-5-12-21(18)27)17-31-25(30)22-16-20(23-13-7-15-32-23)26-28(22)19-10-2-1-3-11-19/h1-5,7-8,10-13,15-16H,6,9,14,17H2. The van der Waals surface area contributed by atoms with Gasteiger partial charge in [-0.2, -0.15) is 5.10 Å².